The van der Waals surface area contributed by atoms with E-state index < -0.39 is 0 Å². The number of nitrogens with one attached hydrogen (secondary N) is 1. The summed E-state index contributed by atoms with van der Waals surface area (Å²) in [7, 11) is 1.89. The maximum Gasteiger partial charge on any atom is 0.134 e. The summed E-state index contributed by atoms with van der Waals surface area (Å²) in [4.78, 5) is 0. The highest BCUT2D eigenvalue weighted by Gasteiger charge is 2.14. The molecule has 0 saturated heterocycles. The van der Waals surface area contributed by atoms with Crippen molar-refractivity contribution in [3.8, 4) is 0 Å². The van der Waals surface area contributed by atoms with Crippen LogP contribution in [0, 0.1) is 0 Å². The highest BCUT2D eigenvalue weighted by Crippen LogP contribution is 2.26. The predicted octanol–water partition coefficient (Wildman–Crippen LogP) is 3.38. The van der Waals surface area contributed by atoms with Gasteiger partial charge in [-0.25, -0.2) is 0 Å². The maximum absolute atomic E-state index is 5.94. The average molecular weight is 254 g/mol. The van der Waals surface area contributed by atoms with Crippen LogP contribution in [-0.2, 0) is 4.74 Å². The van der Waals surface area contributed by atoms with E-state index in [1.54, 1.807) is 0 Å². The lowest BCUT2D eigenvalue weighted by molar-refractivity contribution is 0.119. The minimum absolute atomic E-state index is 0.0705. The Labute approximate surface area is 106 Å². The molecule has 0 spiro atoms. The van der Waals surface area contributed by atoms with E-state index in [2.05, 4.69) is 5.32 Å². The molecule has 2 aromatic rings. The average Bonchev–Trinajstić information content (AvgIpc) is 2.72. The monoisotopic (exact) mass is 253 g/mol. The van der Waals surface area contributed by atoms with Gasteiger partial charge < -0.3 is 14.5 Å². The van der Waals surface area contributed by atoms with Gasteiger partial charge in [0.1, 0.15) is 11.3 Å². The van der Waals surface area contributed by atoms with E-state index in [9.17, 15) is 0 Å². The Bertz CT molecular complexity index is 495. The van der Waals surface area contributed by atoms with Gasteiger partial charge in [0.05, 0.1) is 12.6 Å². The second kappa shape index (κ2) is 5.54. The lowest BCUT2D eigenvalue weighted by Crippen LogP contribution is -2.21. The SMILES string of the molecule is CCOCC(NC)c1cc2cc(Cl)ccc2o1. The quantitative estimate of drug-likeness (QED) is 0.887. The van der Waals surface area contributed by atoms with Crippen LogP contribution >= 0.6 is 11.6 Å². The molecule has 0 aliphatic rings. The summed E-state index contributed by atoms with van der Waals surface area (Å²) in [6, 6.07) is 7.68. The maximum atomic E-state index is 5.94. The van der Waals surface area contributed by atoms with Gasteiger partial charge in [0, 0.05) is 17.0 Å². The third-order valence-electron chi connectivity index (χ3n) is 2.68. The largest absolute Gasteiger partial charge is 0.459 e. The third-order valence-corrected chi connectivity index (χ3v) is 2.91. The van der Waals surface area contributed by atoms with Crippen molar-refractivity contribution >= 4 is 22.6 Å². The molecule has 2 rings (SSSR count). The summed E-state index contributed by atoms with van der Waals surface area (Å²) >= 11 is 5.94. The van der Waals surface area contributed by atoms with Crippen molar-refractivity contribution in [3.63, 3.8) is 0 Å². The second-order valence-electron chi connectivity index (χ2n) is 3.83. The number of likely N-dealkylation sites (N-methyl/N-ethyl adjacent to an activating group) is 1. The molecule has 1 heterocycles. The van der Waals surface area contributed by atoms with Gasteiger partial charge in [-0.1, -0.05) is 11.6 Å². The van der Waals surface area contributed by atoms with Gasteiger partial charge in [-0.05, 0) is 38.2 Å². The van der Waals surface area contributed by atoms with Crippen LogP contribution in [0.15, 0.2) is 28.7 Å². The van der Waals surface area contributed by atoms with Gasteiger partial charge in [-0.15, -0.1) is 0 Å². The summed E-state index contributed by atoms with van der Waals surface area (Å²) in [6.07, 6.45) is 0. The van der Waals surface area contributed by atoms with E-state index >= 15 is 0 Å². The smallest absolute Gasteiger partial charge is 0.134 e. The predicted molar refractivity (Wildman–Crippen MR) is 69.5 cm³/mol. The number of hydrogen-bond acceptors (Lipinski definition) is 3. The van der Waals surface area contributed by atoms with Crippen molar-refractivity contribution in [2.75, 3.05) is 20.3 Å². The standard InChI is InChI=1S/C13H16ClNO2/c1-3-16-8-11(15-2)13-7-9-6-10(14)4-5-12(9)17-13/h4-7,11,15H,3,8H2,1-2H3. The van der Waals surface area contributed by atoms with Crippen molar-refractivity contribution in [3.05, 3.63) is 35.0 Å². The van der Waals surface area contributed by atoms with Crippen LogP contribution < -0.4 is 5.32 Å². The van der Waals surface area contributed by atoms with Crippen LogP contribution in [0.25, 0.3) is 11.0 Å². The molecule has 1 unspecified atom stereocenters. The summed E-state index contributed by atoms with van der Waals surface area (Å²) in [6.45, 7) is 3.27. The van der Waals surface area contributed by atoms with Crippen LogP contribution in [0.3, 0.4) is 0 Å². The molecule has 0 saturated carbocycles. The molecule has 0 fully saturated rings. The van der Waals surface area contributed by atoms with E-state index in [0.29, 0.717) is 13.2 Å². The first-order valence-corrected chi connectivity index (χ1v) is 6.06. The third kappa shape index (κ3) is 2.80. The van der Waals surface area contributed by atoms with Crippen LogP contribution in [-0.4, -0.2) is 20.3 Å². The van der Waals surface area contributed by atoms with E-state index in [1.165, 1.54) is 0 Å². The number of ether oxygens (including phenoxy) is 1. The molecule has 0 bridgehead atoms. The zero-order chi connectivity index (χ0) is 12.3. The highest BCUT2D eigenvalue weighted by molar-refractivity contribution is 6.31. The first-order valence-electron chi connectivity index (χ1n) is 5.68. The molecule has 4 heteroatoms. The van der Waals surface area contributed by atoms with E-state index in [1.807, 2.05) is 38.2 Å². The molecule has 3 nitrogen and oxygen atoms in total. The molecule has 0 aliphatic heterocycles. The van der Waals surface area contributed by atoms with Crippen LogP contribution in [0.5, 0.6) is 0 Å². The van der Waals surface area contributed by atoms with Crippen molar-refractivity contribution in [2.24, 2.45) is 0 Å². The molecular weight excluding hydrogens is 238 g/mol. The molecule has 0 aliphatic carbocycles. The van der Waals surface area contributed by atoms with Crippen molar-refractivity contribution in [2.45, 2.75) is 13.0 Å². The lowest BCUT2D eigenvalue weighted by atomic mass is 10.2. The summed E-state index contributed by atoms with van der Waals surface area (Å²) in [5.41, 5.74) is 0.848. The van der Waals surface area contributed by atoms with E-state index in [-0.39, 0.29) is 6.04 Å². The second-order valence-corrected chi connectivity index (χ2v) is 4.27. The highest BCUT2D eigenvalue weighted by atomic mass is 35.5. The number of benzene rings is 1. The minimum Gasteiger partial charge on any atom is -0.459 e. The van der Waals surface area contributed by atoms with Gasteiger partial charge in [0.2, 0.25) is 0 Å². The molecule has 17 heavy (non-hydrogen) atoms. The Balaban J connectivity index is 2.27. The first kappa shape index (κ1) is 12.4. The topological polar surface area (TPSA) is 34.4 Å². The molecular formula is C13H16ClNO2. The summed E-state index contributed by atoms with van der Waals surface area (Å²) < 4.78 is 11.2. The van der Waals surface area contributed by atoms with E-state index in [4.69, 9.17) is 20.8 Å². The van der Waals surface area contributed by atoms with Gasteiger partial charge in [0.25, 0.3) is 0 Å². The number of rotatable bonds is 5. The van der Waals surface area contributed by atoms with Crippen LogP contribution in [0.4, 0.5) is 0 Å². The molecule has 1 N–H and O–H groups in total. The number of halogens is 1. The van der Waals surface area contributed by atoms with Crippen molar-refractivity contribution in [1.29, 1.82) is 0 Å². The van der Waals surface area contributed by atoms with Gasteiger partial charge in [-0.3, -0.25) is 0 Å². The molecule has 1 aromatic heterocycles. The van der Waals surface area contributed by atoms with Crippen LogP contribution in [0.1, 0.15) is 18.7 Å². The van der Waals surface area contributed by atoms with Gasteiger partial charge in [-0.2, -0.15) is 0 Å². The summed E-state index contributed by atoms with van der Waals surface area (Å²) in [5.74, 6) is 0.873. The zero-order valence-electron chi connectivity index (χ0n) is 10.00. The molecule has 1 aromatic carbocycles. The molecule has 1 atom stereocenters. The van der Waals surface area contributed by atoms with Gasteiger partial charge >= 0.3 is 0 Å². The fourth-order valence-corrected chi connectivity index (χ4v) is 1.93. The molecule has 0 amide bonds. The number of furan rings is 1. The Morgan fingerprint density at radius 1 is 1.41 bits per heavy atom. The van der Waals surface area contributed by atoms with Crippen molar-refractivity contribution in [1.82, 2.24) is 5.32 Å². The minimum atomic E-state index is 0.0705. The van der Waals surface area contributed by atoms with Gasteiger partial charge in [0.15, 0.2) is 0 Å². The normalized spacial score (nSPS) is 13.1. The Morgan fingerprint density at radius 3 is 2.94 bits per heavy atom. The zero-order valence-corrected chi connectivity index (χ0v) is 10.8. The van der Waals surface area contributed by atoms with E-state index in [0.717, 1.165) is 21.8 Å². The lowest BCUT2D eigenvalue weighted by Gasteiger charge is -2.12. The fraction of sp³-hybridized carbons (Fsp3) is 0.385. The fourth-order valence-electron chi connectivity index (χ4n) is 1.75. The van der Waals surface area contributed by atoms with Crippen molar-refractivity contribution < 1.29 is 9.15 Å². The Kier molecular flexibility index (Phi) is 4.05. The number of hydrogen-bond donors (Lipinski definition) is 1. The number of fused-ring (bicyclic) bond motifs is 1. The first-order chi connectivity index (χ1) is 8.24. The Morgan fingerprint density at radius 2 is 2.24 bits per heavy atom. The summed E-state index contributed by atoms with van der Waals surface area (Å²) in [5, 5.41) is 4.91. The molecule has 0 radical (unpaired) electrons. The van der Waals surface area contributed by atoms with Crippen LogP contribution in [0.2, 0.25) is 5.02 Å². The Hall–Kier alpha value is -1.03. The molecule has 92 valence electrons.